The molecule has 0 fully saturated rings. The van der Waals surface area contributed by atoms with Crippen molar-refractivity contribution in [3.63, 3.8) is 0 Å². The van der Waals surface area contributed by atoms with Gasteiger partial charge in [-0.15, -0.1) is 0 Å². The maximum atomic E-state index is 12.3. The van der Waals surface area contributed by atoms with Gasteiger partial charge >= 0.3 is 11.8 Å². The van der Waals surface area contributed by atoms with Crippen molar-refractivity contribution in [2.45, 2.75) is 26.8 Å². The van der Waals surface area contributed by atoms with Gasteiger partial charge in [0.05, 0.1) is 17.8 Å². The number of aryl methyl sites for hydroxylation is 1. The highest BCUT2D eigenvalue weighted by molar-refractivity contribution is 6.01. The van der Waals surface area contributed by atoms with Gasteiger partial charge in [-0.3, -0.25) is 4.57 Å². The maximum absolute atomic E-state index is 12.3. The highest BCUT2D eigenvalue weighted by Crippen LogP contribution is 2.24. The molecule has 0 spiro atoms. The number of carbonyl (C=O) groups excluding carboxylic acids is 1. The van der Waals surface area contributed by atoms with E-state index in [1.54, 1.807) is 34.9 Å². The van der Waals surface area contributed by atoms with E-state index in [0.717, 1.165) is 6.42 Å². The van der Waals surface area contributed by atoms with Gasteiger partial charge in [-0.05, 0) is 37.6 Å². The zero-order chi connectivity index (χ0) is 18.5. The molecule has 0 unspecified atom stereocenters. The number of hydrogen-bond acceptors (Lipinski definition) is 4. The number of carbonyl (C=O) groups is 1. The van der Waals surface area contributed by atoms with Crippen LogP contribution in [0.25, 0.3) is 11.1 Å². The smallest absolute Gasteiger partial charge is 0.419 e. The van der Waals surface area contributed by atoms with Gasteiger partial charge in [0, 0.05) is 18.3 Å². The molecule has 2 aromatic carbocycles. The molecule has 0 aliphatic rings. The number of aromatic nitrogens is 1. The summed E-state index contributed by atoms with van der Waals surface area (Å²) in [5, 5.41) is 5.49. The van der Waals surface area contributed by atoms with Gasteiger partial charge < -0.3 is 19.8 Å². The quantitative estimate of drug-likeness (QED) is 0.698. The molecule has 0 bridgehead atoms. The fourth-order valence-corrected chi connectivity index (χ4v) is 2.72. The molecule has 136 valence electrons. The van der Waals surface area contributed by atoms with Crippen LogP contribution in [0.15, 0.2) is 51.7 Å². The predicted molar refractivity (Wildman–Crippen MR) is 101 cm³/mol. The summed E-state index contributed by atoms with van der Waals surface area (Å²) >= 11 is 0. The van der Waals surface area contributed by atoms with Crippen LogP contribution in [0.1, 0.15) is 20.3 Å². The number of amides is 2. The van der Waals surface area contributed by atoms with Crippen LogP contribution in [0.2, 0.25) is 0 Å². The molecule has 0 radical (unpaired) electrons. The minimum absolute atomic E-state index is 0.394. The number of anilines is 2. The molecule has 0 saturated carbocycles. The number of ether oxygens (including phenoxy) is 1. The Labute approximate surface area is 150 Å². The standard InChI is InChI=1S/C19H21N3O4/c1-3-11-22-15-10-9-13(12-17(15)26-19(22)24)20-18(23)21-14-7-5-6-8-16(14)25-4-2/h5-10,12H,3-4,11H2,1-2H3,(H2,20,21,23). The van der Waals surface area contributed by atoms with Gasteiger partial charge in [0.2, 0.25) is 0 Å². The summed E-state index contributed by atoms with van der Waals surface area (Å²) in [6, 6.07) is 11.9. The molecule has 1 aromatic heterocycles. The van der Waals surface area contributed by atoms with E-state index in [-0.39, 0.29) is 0 Å². The number of nitrogens with one attached hydrogen (secondary N) is 2. The number of oxazole rings is 1. The number of fused-ring (bicyclic) bond motifs is 1. The van der Waals surface area contributed by atoms with E-state index in [2.05, 4.69) is 10.6 Å². The SMILES string of the molecule is CCCn1c(=O)oc2cc(NC(=O)Nc3ccccc3OCC)ccc21. The van der Waals surface area contributed by atoms with Gasteiger partial charge in [0.15, 0.2) is 5.58 Å². The van der Waals surface area contributed by atoms with Gasteiger partial charge in [0.25, 0.3) is 0 Å². The Hall–Kier alpha value is -3.22. The molecule has 0 saturated heterocycles. The number of nitrogens with zero attached hydrogens (tertiary/aromatic N) is 1. The third-order valence-corrected chi connectivity index (χ3v) is 3.81. The van der Waals surface area contributed by atoms with Crippen molar-refractivity contribution in [3.8, 4) is 5.75 Å². The minimum Gasteiger partial charge on any atom is -0.492 e. The van der Waals surface area contributed by atoms with E-state index in [4.69, 9.17) is 9.15 Å². The van der Waals surface area contributed by atoms with Crippen LogP contribution in [-0.2, 0) is 6.54 Å². The van der Waals surface area contributed by atoms with Gasteiger partial charge in [-0.25, -0.2) is 9.59 Å². The summed E-state index contributed by atoms with van der Waals surface area (Å²) in [6.07, 6.45) is 0.830. The van der Waals surface area contributed by atoms with Gasteiger partial charge in [-0.2, -0.15) is 0 Å². The lowest BCUT2D eigenvalue weighted by molar-refractivity contribution is 0.262. The van der Waals surface area contributed by atoms with Crippen molar-refractivity contribution < 1.29 is 13.9 Å². The molecule has 3 rings (SSSR count). The third-order valence-electron chi connectivity index (χ3n) is 3.81. The fraction of sp³-hybridized carbons (Fsp3) is 0.263. The lowest BCUT2D eigenvalue weighted by atomic mass is 10.2. The van der Waals surface area contributed by atoms with E-state index >= 15 is 0 Å². The Morgan fingerprint density at radius 2 is 1.96 bits per heavy atom. The molecule has 26 heavy (non-hydrogen) atoms. The summed E-state index contributed by atoms with van der Waals surface area (Å²) in [7, 11) is 0. The zero-order valence-corrected chi connectivity index (χ0v) is 14.7. The molecule has 2 N–H and O–H groups in total. The monoisotopic (exact) mass is 355 g/mol. The van der Waals surface area contributed by atoms with Gasteiger partial charge in [-0.1, -0.05) is 19.1 Å². The van der Waals surface area contributed by atoms with Crippen LogP contribution in [0.4, 0.5) is 16.2 Å². The van der Waals surface area contributed by atoms with Crippen molar-refractivity contribution in [1.82, 2.24) is 4.57 Å². The first-order valence-corrected chi connectivity index (χ1v) is 8.55. The summed E-state index contributed by atoms with van der Waals surface area (Å²) in [5.74, 6) is 0.206. The zero-order valence-electron chi connectivity index (χ0n) is 14.7. The maximum Gasteiger partial charge on any atom is 0.419 e. The summed E-state index contributed by atoms with van der Waals surface area (Å²) < 4.78 is 12.3. The molecule has 7 nitrogen and oxygen atoms in total. The van der Waals surface area contributed by atoms with Crippen molar-refractivity contribution >= 4 is 28.5 Å². The number of para-hydroxylation sites is 2. The van der Waals surface area contributed by atoms with Crippen LogP contribution < -0.4 is 21.1 Å². The molecular weight excluding hydrogens is 334 g/mol. The molecule has 0 atom stereocenters. The van der Waals surface area contributed by atoms with E-state index < -0.39 is 11.8 Å². The largest absolute Gasteiger partial charge is 0.492 e. The van der Waals surface area contributed by atoms with Gasteiger partial charge in [0.1, 0.15) is 5.75 Å². The molecule has 1 heterocycles. The first kappa shape index (κ1) is 17.6. The molecule has 2 amide bonds. The second kappa shape index (κ2) is 7.77. The molecule has 7 heteroatoms. The van der Waals surface area contributed by atoms with Crippen LogP contribution in [0.3, 0.4) is 0 Å². The number of urea groups is 1. The number of rotatable bonds is 6. The summed E-state index contributed by atoms with van der Waals surface area (Å²) in [5.41, 5.74) is 2.26. The van der Waals surface area contributed by atoms with Crippen LogP contribution in [-0.4, -0.2) is 17.2 Å². The van der Waals surface area contributed by atoms with Crippen molar-refractivity contribution in [2.75, 3.05) is 17.2 Å². The van der Waals surface area contributed by atoms with Crippen LogP contribution in [0, 0.1) is 0 Å². The second-order valence-corrected chi connectivity index (χ2v) is 5.71. The normalized spacial score (nSPS) is 10.7. The molecule has 0 aliphatic carbocycles. The summed E-state index contributed by atoms with van der Waals surface area (Å²) in [6.45, 7) is 4.97. The summed E-state index contributed by atoms with van der Waals surface area (Å²) in [4.78, 5) is 24.2. The predicted octanol–water partition coefficient (Wildman–Crippen LogP) is 4.05. The van der Waals surface area contributed by atoms with Crippen LogP contribution in [0.5, 0.6) is 5.75 Å². The Morgan fingerprint density at radius 1 is 1.15 bits per heavy atom. The Bertz CT molecular complexity index is 974. The number of hydrogen-bond donors (Lipinski definition) is 2. The Kier molecular flexibility index (Phi) is 5.26. The molecule has 0 aliphatic heterocycles. The van der Waals surface area contributed by atoms with E-state index in [9.17, 15) is 9.59 Å². The number of benzene rings is 2. The lowest BCUT2D eigenvalue weighted by Crippen LogP contribution is -2.19. The Morgan fingerprint density at radius 3 is 2.73 bits per heavy atom. The fourth-order valence-electron chi connectivity index (χ4n) is 2.72. The first-order valence-electron chi connectivity index (χ1n) is 8.55. The first-order chi connectivity index (χ1) is 12.6. The highest BCUT2D eigenvalue weighted by Gasteiger charge is 2.11. The van der Waals surface area contributed by atoms with Crippen molar-refractivity contribution in [3.05, 3.63) is 53.0 Å². The topological polar surface area (TPSA) is 85.5 Å². The molecule has 3 aromatic rings. The lowest BCUT2D eigenvalue weighted by Gasteiger charge is -2.12. The van der Waals surface area contributed by atoms with Crippen molar-refractivity contribution in [2.24, 2.45) is 0 Å². The molecular formula is C19H21N3O4. The van der Waals surface area contributed by atoms with Crippen LogP contribution >= 0.6 is 0 Å². The average molecular weight is 355 g/mol. The average Bonchev–Trinajstić information content (AvgIpc) is 2.92. The van der Waals surface area contributed by atoms with E-state index in [0.29, 0.717) is 41.4 Å². The van der Waals surface area contributed by atoms with Crippen molar-refractivity contribution in [1.29, 1.82) is 0 Å². The minimum atomic E-state index is -0.410. The van der Waals surface area contributed by atoms with E-state index in [1.165, 1.54) is 0 Å². The highest BCUT2D eigenvalue weighted by atomic mass is 16.5. The Balaban J connectivity index is 1.76. The second-order valence-electron chi connectivity index (χ2n) is 5.71. The van der Waals surface area contributed by atoms with E-state index in [1.807, 2.05) is 26.0 Å². The third kappa shape index (κ3) is 3.72.